The normalized spacial score (nSPS) is 20.5. The Labute approximate surface area is 156 Å². The molecule has 0 radical (unpaired) electrons. The molecule has 1 atom stereocenters. The number of ketones is 1. The van der Waals surface area contributed by atoms with Crippen LogP contribution in [0.4, 0.5) is 5.69 Å². The summed E-state index contributed by atoms with van der Waals surface area (Å²) >= 11 is 0. The molecule has 2 aromatic carbocycles. The molecular weight excluding hydrogens is 320 g/mol. The molecule has 1 spiro atoms. The van der Waals surface area contributed by atoms with Gasteiger partial charge in [-0.25, -0.2) is 0 Å². The fourth-order valence-corrected chi connectivity index (χ4v) is 4.90. The summed E-state index contributed by atoms with van der Waals surface area (Å²) in [6.07, 6.45) is 4.82. The van der Waals surface area contributed by atoms with E-state index in [9.17, 15) is 4.79 Å². The predicted octanol–water partition coefficient (Wildman–Crippen LogP) is 4.74. The maximum absolute atomic E-state index is 12.9. The number of para-hydroxylation sites is 1. The van der Waals surface area contributed by atoms with E-state index in [1.165, 1.54) is 5.56 Å². The van der Waals surface area contributed by atoms with E-state index in [0.717, 1.165) is 50.0 Å². The van der Waals surface area contributed by atoms with Gasteiger partial charge in [-0.05, 0) is 56.5 Å². The molecule has 3 heteroatoms. The molecule has 2 aliphatic rings. The quantitative estimate of drug-likeness (QED) is 0.869. The summed E-state index contributed by atoms with van der Waals surface area (Å²) in [6.45, 7) is 4.32. The van der Waals surface area contributed by atoms with Gasteiger partial charge in [-0.15, -0.1) is 0 Å². The maximum Gasteiger partial charge on any atom is 0.165 e. The third-order valence-corrected chi connectivity index (χ3v) is 6.21. The van der Waals surface area contributed by atoms with Gasteiger partial charge in [-0.2, -0.15) is 0 Å². The summed E-state index contributed by atoms with van der Waals surface area (Å²) in [4.78, 5) is 15.5. The van der Waals surface area contributed by atoms with E-state index in [2.05, 4.69) is 59.6 Å². The Morgan fingerprint density at radius 2 is 1.69 bits per heavy atom. The van der Waals surface area contributed by atoms with Crippen LogP contribution in [0.5, 0.6) is 0 Å². The van der Waals surface area contributed by atoms with Crippen LogP contribution in [0.25, 0.3) is 0 Å². The standard InChI is InChI=1S/C23H28N2O/c1-2-20(18-8-4-3-5-9-18)25-21-11-7-6-10-19(21)22(26)12-13-23(25)14-16-24-17-15-23/h3-11,20,24H,2,12-17H2,1H3. The Kier molecular flexibility index (Phi) is 4.82. The molecule has 0 amide bonds. The smallest absolute Gasteiger partial charge is 0.165 e. The SMILES string of the molecule is CCC(c1ccccc1)N1c2ccccc2C(=O)CCC12CCNCC2. The van der Waals surface area contributed by atoms with Crippen molar-refractivity contribution in [3.8, 4) is 0 Å². The zero-order valence-corrected chi connectivity index (χ0v) is 15.6. The number of carbonyl (C=O) groups is 1. The van der Waals surface area contributed by atoms with Crippen molar-refractivity contribution in [2.24, 2.45) is 0 Å². The zero-order valence-electron chi connectivity index (χ0n) is 15.6. The molecule has 1 unspecified atom stereocenters. The molecule has 0 bridgehead atoms. The maximum atomic E-state index is 12.9. The number of piperidine rings is 1. The van der Waals surface area contributed by atoms with Crippen LogP contribution in [0.15, 0.2) is 54.6 Å². The molecule has 4 rings (SSSR count). The van der Waals surface area contributed by atoms with Crippen LogP contribution in [0.1, 0.15) is 61.0 Å². The largest absolute Gasteiger partial charge is 0.358 e. The lowest BCUT2D eigenvalue weighted by molar-refractivity contribution is 0.0971. The summed E-state index contributed by atoms with van der Waals surface area (Å²) in [7, 11) is 0. The fourth-order valence-electron chi connectivity index (χ4n) is 4.90. The summed E-state index contributed by atoms with van der Waals surface area (Å²) in [5.74, 6) is 0.295. The Balaban J connectivity index is 1.89. The van der Waals surface area contributed by atoms with Crippen molar-refractivity contribution < 1.29 is 4.79 Å². The average molecular weight is 348 g/mol. The van der Waals surface area contributed by atoms with Gasteiger partial charge in [0, 0.05) is 23.2 Å². The first-order valence-corrected chi connectivity index (χ1v) is 9.92. The second kappa shape index (κ2) is 7.24. The minimum Gasteiger partial charge on any atom is -0.358 e. The molecule has 0 aromatic heterocycles. The lowest BCUT2D eigenvalue weighted by Gasteiger charge is -2.51. The summed E-state index contributed by atoms with van der Waals surface area (Å²) < 4.78 is 0. The molecule has 1 fully saturated rings. The second-order valence-electron chi connectivity index (χ2n) is 7.62. The number of Topliss-reactive ketones (excluding diaryl/α,β-unsaturated/α-hetero) is 1. The molecular formula is C23H28N2O. The molecule has 136 valence electrons. The van der Waals surface area contributed by atoms with Gasteiger partial charge < -0.3 is 10.2 Å². The first kappa shape index (κ1) is 17.3. The van der Waals surface area contributed by atoms with Gasteiger partial charge >= 0.3 is 0 Å². The van der Waals surface area contributed by atoms with Gasteiger partial charge in [-0.1, -0.05) is 49.4 Å². The number of fused-ring (bicyclic) bond motifs is 1. The Bertz CT molecular complexity index is 765. The van der Waals surface area contributed by atoms with Gasteiger partial charge in [0.15, 0.2) is 5.78 Å². The number of anilines is 1. The van der Waals surface area contributed by atoms with E-state index in [1.807, 2.05) is 12.1 Å². The van der Waals surface area contributed by atoms with Gasteiger partial charge in [0.25, 0.3) is 0 Å². The number of benzene rings is 2. The summed E-state index contributed by atoms with van der Waals surface area (Å²) in [5.41, 5.74) is 3.44. The summed E-state index contributed by atoms with van der Waals surface area (Å²) in [5, 5.41) is 3.52. The number of nitrogens with one attached hydrogen (secondary N) is 1. The Morgan fingerprint density at radius 3 is 2.42 bits per heavy atom. The molecule has 2 aliphatic heterocycles. The number of rotatable bonds is 3. The van der Waals surface area contributed by atoms with Crippen molar-refractivity contribution in [1.29, 1.82) is 0 Å². The topological polar surface area (TPSA) is 32.3 Å². The van der Waals surface area contributed by atoms with E-state index in [4.69, 9.17) is 0 Å². The molecule has 26 heavy (non-hydrogen) atoms. The van der Waals surface area contributed by atoms with Crippen molar-refractivity contribution in [1.82, 2.24) is 5.32 Å². The minimum absolute atomic E-state index is 0.0596. The highest BCUT2D eigenvalue weighted by molar-refractivity contribution is 6.02. The Morgan fingerprint density at radius 1 is 1.00 bits per heavy atom. The van der Waals surface area contributed by atoms with Crippen molar-refractivity contribution >= 4 is 11.5 Å². The van der Waals surface area contributed by atoms with E-state index in [0.29, 0.717) is 18.2 Å². The van der Waals surface area contributed by atoms with Crippen molar-refractivity contribution in [3.05, 3.63) is 65.7 Å². The highest BCUT2D eigenvalue weighted by Crippen LogP contribution is 2.46. The lowest BCUT2D eigenvalue weighted by atomic mass is 9.80. The Hall–Kier alpha value is -2.13. The van der Waals surface area contributed by atoms with Crippen molar-refractivity contribution in [3.63, 3.8) is 0 Å². The van der Waals surface area contributed by atoms with Crippen LogP contribution in [0.3, 0.4) is 0 Å². The van der Waals surface area contributed by atoms with Crippen LogP contribution in [0.2, 0.25) is 0 Å². The van der Waals surface area contributed by atoms with E-state index in [1.54, 1.807) is 0 Å². The lowest BCUT2D eigenvalue weighted by Crippen LogP contribution is -2.55. The predicted molar refractivity (Wildman–Crippen MR) is 107 cm³/mol. The fraction of sp³-hybridized carbons (Fsp3) is 0.435. The van der Waals surface area contributed by atoms with Gasteiger partial charge in [0.2, 0.25) is 0 Å². The molecule has 0 aliphatic carbocycles. The zero-order chi connectivity index (χ0) is 18.0. The van der Waals surface area contributed by atoms with Crippen LogP contribution in [-0.2, 0) is 0 Å². The monoisotopic (exact) mass is 348 g/mol. The molecule has 1 saturated heterocycles. The van der Waals surface area contributed by atoms with Crippen LogP contribution < -0.4 is 10.2 Å². The van der Waals surface area contributed by atoms with Gasteiger partial charge in [0.1, 0.15) is 0 Å². The van der Waals surface area contributed by atoms with Crippen molar-refractivity contribution in [2.45, 2.75) is 50.6 Å². The highest BCUT2D eigenvalue weighted by atomic mass is 16.1. The number of carbonyl (C=O) groups excluding carboxylic acids is 1. The number of nitrogens with zero attached hydrogens (tertiary/aromatic N) is 1. The second-order valence-corrected chi connectivity index (χ2v) is 7.62. The van der Waals surface area contributed by atoms with E-state index < -0.39 is 0 Å². The number of hydrogen-bond acceptors (Lipinski definition) is 3. The van der Waals surface area contributed by atoms with Gasteiger partial charge in [0.05, 0.1) is 6.04 Å². The van der Waals surface area contributed by atoms with Crippen LogP contribution in [0, 0.1) is 0 Å². The third-order valence-electron chi connectivity index (χ3n) is 6.21. The third kappa shape index (κ3) is 2.95. The first-order chi connectivity index (χ1) is 12.7. The van der Waals surface area contributed by atoms with E-state index in [-0.39, 0.29) is 5.54 Å². The first-order valence-electron chi connectivity index (χ1n) is 9.92. The molecule has 0 saturated carbocycles. The highest BCUT2D eigenvalue weighted by Gasteiger charge is 2.44. The average Bonchev–Trinajstić information content (AvgIpc) is 2.81. The van der Waals surface area contributed by atoms with Gasteiger partial charge in [-0.3, -0.25) is 4.79 Å². The molecule has 3 nitrogen and oxygen atoms in total. The van der Waals surface area contributed by atoms with E-state index >= 15 is 0 Å². The molecule has 1 N–H and O–H groups in total. The molecule has 2 heterocycles. The minimum atomic E-state index is 0.0596. The number of hydrogen-bond donors (Lipinski definition) is 1. The molecule has 2 aromatic rings. The van der Waals surface area contributed by atoms with Crippen LogP contribution >= 0.6 is 0 Å². The van der Waals surface area contributed by atoms with Crippen molar-refractivity contribution in [2.75, 3.05) is 18.0 Å². The summed E-state index contributed by atoms with van der Waals surface area (Å²) in [6, 6.07) is 19.4. The van der Waals surface area contributed by atoms with Crippen LogP contribution in [-0.4, -0.2) is 24.4 Å².